The van der Waals surface area contributed by atoms with Crippen LogP contribution in [0.1, 0.15) is 16.8 Å². The van der Waals surface area contributed by atoms with Gasteiger partial charge in [0.1, 0.15) is 5.75 Å². The maximum absolute atomic E-state index is 11.3. The molecule has 0 fully saturated rings. The quantitative estimate of drug-likeness (QED) is 0.467. The van der Waals surface area contributed by atoms with Crippen molar-refractivity contribution < 1.29 is 9.90 Å². The molecule has 1 aromatic rings. The number of nitrogens with two attached hydrogens (primary N) is 2. The third kappa shape index (κ3) is 2.19. The molecule has 0 aliphatic rings. The van der Waals surface area contributed by atoms with E-state index in [1.165, 1.54) is 18.2 Å². The van der Waals surface area contributed by atoms with E-state index in [0.29, 0.717) is 17.8 Å². The van der Waals surface area contributed by atoms with Crippen LogP contribution in [0.3, 0.4) is 0 Å². The van der Waals surface area contributed by atoms with E-state index in [9.17, 15) is 4.79 Å². The number of nitrogen functional groups attached to an aromatic ring is 1. The number of carbonyl (C=O) groups excluding carboxylic acids is 1. The van der Waals surface area contributed by atoms with Crippen molar-refractivity contribution in [1.29, 1.82) is 0 Å². The van der Waals surface area contributed by atoms with Crippen LogP contribution in [-0.4, -0.2) is 17.4 Å². The molecule has 70 valence electrons. The number of anilines is 1. The summed E-state index contributed by atoms with van der Waals surface area (Å²) in [6.45, 7) is 0.305. The van der Waals surface area contributed by atoms with Gasteiger partial charge in [0.25, 0.3) is 0 Å². The van der Waals surface area contributed by atoms with E-state index in [-0.39, 0.29) is 18.0 Å². The molecule has 0 spiro atoms. The molecule has 0 aliphatic heterocycles. The van der Waals surface area contributed by atoms with Crippen LogP contribution in [0.5, 0.6) is 5.75 Å². The molecule has 13 heavy (non-hydrogen) atoms. The van der Waals surface area contributed by atoms with Crippen molar-refractivity contribution >= 4 is 11.5 Å². The Morgan fingerprint density at radius 3 is 2.69 bits per heavy atom. The van der Waals surface area contributed by atoms with Gasteiger partial charge in [0, 0.05) is 23.7 Å². The lowest BCUT2D eigenvalue weighted by Crippen LogP contribution is -2.09. The van der Waals surface area contributed by atoms with Crippen LogP contribution < -0.4 is 11.5 Å². The monoisotopic (exact) mass is 180 g/mol. The average molecular weight is 180 g/mol. The maximum atomic E-state index is 11.3. The number of hydrogen-bond acceptors (Lipinski definition) is 4. The summed E-state index contributed by atoms with van der Waals surface area (Å²) < 4.78 is 0. The molecule has 0 bridgehead atoms. The molecule has 0 aromatic heterocycles. The zero-order valence-electron chi connectivity index (χ0n) is 7.16. The minimum absolute atomic E-state index is 0.0572. The van der Waals surface area contributed by atoms with Crippen molar-refractivity contribution in [2.24, 2.45) is 5.73 Å². The highest BCUT2D eigenvalue weighted by molar-refractivity contribution is 6.01. The fourth-order valence-electron chi connectivity index (χ4n) is 1.07. The van der Waals surface area contributed by atoms with Gasteiger partial charge in [-0.1, -0.05) is 0 Å². The van der Waals surface area contributed by atoms with Crippen LogP contribution in [0.25, 0.3) is 0 Å². The predicted molar refractivity (Wildman–Crippen MR) is 50.5 cm³/mol. The fourth-order valence-corrected chi connectivity index (χ4v) is 1.07. The molecule has 1 rings (SSSR count). The molecule has 4 heteroatoms. The van der Waals surface area contributed by atoms with Crippen molar-refractivity contribution in [1.82, 2.24) is 0 Å². The number of rotatable bonds is 3. The first-order valence-corrected chi connectivity index (χ1v) is 3.97. The number of hydrogen-bond donors (Lipinski definition) is 3. The first-order chi connectivity index (χ1) is 6.15. The molecular formula is C9H12N2O2. The number of benzene rings is 1. The summed E-state index contributed by atoms with van der Waals surface area (Å²) >= 11 is 0. The molecule has 0 heterocycles. The van der Waals surface area contributed by atoms with Crippen molar-refractivity contribution in [3.63, 3.8) is 0 Å². The van der Waals surface area contributed by atoms with Crippen molar-refractivity contribution in [2.45, 2.75) is 6.42 Å². The Kier molecular flexibility index (Phi) is 2.87. The van der Waals surface area contributed by atoms with E-state index in [2.05, 4.69) is 0 Å². The molecule has 4 nitrogen and oxygen atoms in total. The van der Waals surface area contributed by atoms with Crippen LogP contribution in [0.2, 0.25) is 0 Å². The standard InChI is InChI=1S/C9H12N2O2/c10-4-3-9(13)7-2-1-6(12)5-8(7)11/h1-2,5,12H,3-4,10-11H2. The predicted octanol–water partition coefficient (Wildman–Crippen LogP) is 0.506. The van der Waals surface area contributed by atoms with E-state index < -0.39 is 0 Å². The number of phenols is 1. The Morgan fingerprint density at radius 1 is 1.46 bits per heavy atom. The second kappa shape index (κ2) is 3.91. The molecular weight excluding hydrogens is 168 g/mol. The minimum Gasteiger partial charge on any atom is -0.508 e. The number of carbonyl (C=O) groups is 1. The number of ketones is 1. The Labute approximate surface area is 76.2 Å². The minimum atomic E-state index is -0.0972. The van der Waals surface area contributed by atoms with Crippen molar-refractivity contribution in [3.8, 4) is 5.75 Å². The summed E-state index contributed by atoms with van der Waals surface area (Å²) in [4.78, 5) is 11.3. The zero-order chi connectivity index (χ0) is 9.84. The number of phenolic OH excluding ortho intramolecular Hbond substituents is 1. The highest BCUT2D eigenvalue weighted by atomic mass is 16.3. The van der Waals surface area contributed by atoms with E-state index in [4.69, 9.17) is 16.6 Å². The lowest BCUT2D eigenvalue weighted by Gasteiger charge is -2.03. The van der Waals surface area contributed by atoms with Gasteiger partial charge >= 0.3 is 0 Å². The SMILES string of the molecule is NCCC(=O)c1ccc(O)cc1N. The summed E-state index contributed by atoms with van der Waals surface area (Å²) in [6.07, 6.45) is 0.273. The maximum Gasteiger partial charge on any atom is 0.166 e. The molecule has 0 atom stereocenters. The van der Waals surface area contributed by atoms with Crippen LogP contribution in [0, 0.1) is 0 Å². The highest BCUT2D eigenvalue weighted by Crippen LogP contribution is 2.19. The zero-order valence-corrected chi connectivity index (χ0v) is 7.16. The molecule has 1 aromatic carbocycles. The van der Waals surface area contributed by atoms with Gasteiger partial charge in [0.2, 0.25) is 0 Å². The summed E-state index contributed by atoms with van der Waals surface area (Å²) in [6, 6.07) is 4.28. The summed E-state index contributed by atoms with van der Waals surface area (Å²) in [5, 5.41) is 9.03. The second-order valence-corrected chi connectivity index (χ2v) is 2.73. The van der Waals surface area contributed by atoms with E-state index in [0.717, 1.165) is 0 Å². The first kappa shape index (κ1) is 9.54. The van der Waals surface area contributed by atoms with Crippen LogP contribution in [0.15, 0.2) is 18.2 Å². The first-order valence-electron chi connectivity index (χ1n) is 3.97. The third-order valence-electron chi connectivity index (χ3n) is 1.71. The number of aromatic hydroxyl groups is 1. The van der Waals surface area contributed by atoms with Gasteiger partial charge in [-0.05, 0) is 18.7 Å². The van der Waals surface area contributed by atoms with Crippen LogP contribution >= 0.6 is 0 Å². The average Bonchev–Trinajstić information content (AvgIpc) is 2.04. The second-order valence-electron chi connectivity index (χ2n) is 2.73. The van der Waals surface area contributed by atoms with E-state index in [1.54, 1.807) is 0 Å². The molecule has 0 aliphatic carbocycles. The molecule has 0 saturated carbocycles. The van der Waals surface area contributed by atoms with Gasteiger partial charge in [0.15, 0.2) is 5.78 Å². The summed E-state index contributed by atoms with van der Waals surface area (Å²) in [5.74, 6) is -0.0400. The fraction of sp³-hybridized carbons (Fsp3) is 0.222. The van der Waals surface area contributed by atoms with Gasteiger partial charge in [0.05, 0.1) is 0 Å². The van der Waals surface area contributed by atoms with Crippen LogP contribution in [0.4, 0.5) is 5.69 Å². The summed E-state index contributed by atoms with van der Waals surface area (Å²) in [7, 11) is 0. The largest absolute Gasteiger partial charge is 0.508 e. The Bertz CT molecular complexity index is 323. The lowest BCUT2D eigenvalue weighted by molar-refractivity contribution is 0.0986. The van der Waals surface area contributed by atoms with Crippen LogP contribution in [-0.2, 0) is 0 Å². The topological polar surface area (TPSA) is 89.3 Å². The lowest BCUT2D eigenvalue weighted by atomic mass is 10.1. The van der Waals surface area contributed by atoms with Gasteiger partial charge in [-0.2, -0.15) is 0 Å². The highest BCUT2D eigenvalue weighted by Gasteiger charge is 2.08. The van der Waals surface area contributed by atoms with Gasteiger partial charge in [-0.3, -0.25) is 4.79 Å². The molecule has 0 amide bonds. The van der Waals surface area contributed by atoms with Gasteiger partial charge in [-0.25, -0.2) is 0 Å². The Morgan fingerprint density at radius 2 is 2.15 bits per heavy atom. The van der Waals surface area contributed by atoms with Gasteiger partial charge in [-0.15, -0.1) is 0 Å². The van der Waals surface area contributed by atoms with E-state index in [1.807, 2.05) is 0 Å². The Balaban J connectivity index is 2.95. The molecule has 0 radical (unpaired) electrons. The smallest absolute Gasteiger partial charge is 0.166 e. The van der Waals surface area contributed by atoms with Gasteiger partial charge < -0.3 is 16.6 Å². The third-order valence-corrected chi connectivity index (χ3v) is 1.71. The van der Waals surface area contributed by atoms with Crippen molar-refractivity contribution in [2.75, 3.05) is 12.3 Å². The molecule has 0 saturated heterocycles. The molecule has 5 N–H and O–H groups in total. The van der Waals surface area contributed by atoms with Crippen molar-refractivity contribution in [3.05, 3.63) is 23.8 Å². The normalized spacial score (nSPS) is 9.92. The molecule has 0 unspecified atom stereocenters. The van der Waals surface area contributed by atoms with E-state index >= 15 is 0 Å². The number of Topliss-reactive ketones (excluding diaryl/α,β-unsaturated/α-hetero) is 1. The Hall–Kier alpha value is -1.55. The summed E-state index contributed by atoms with van der Waals surface area (Å²) in [5.41, 5.74) is 11.5.